The van der Waals surface area contributed by atoms with Crippen molar-refractivity contribution in [2.24, 2.45) is 16.8 Å². The van der Waals surface area contributed by atoms with Gasteiger partial charge >= 0.3 is 5.97 Å². The number of nitrogens with zero attached hydrogens (tertiary/aromatic N) is 4. The molecule has 26 heavy (non-hydrogen) atoms. The van der Waals surface area contributed by atoms with Crippen molar-refractivity contribution >= 4 is 41.7 Å². The molecule has 1 aromatic rings. The molecule has 0 bridgehead atoms. The van der Waals surface area contributed by atoms with E-state index >= 15 is 0 Å². The lowest BCUT2D eigenvalue weighted by Crippen LogP contribution is -2.40. The van der Waals surface area contributed by atoms with Gasteiger partial charge in [0.05, 0.1) is 19.6 Å². The lowest BCUT2D eigenvalue weighted by molar-refractivity contribution is -0.145. The van der Waals surface area contributed by atoms with Crippen LogP contribution in [0.2, 0.25) is 0 Å². The number of carbonyl (C=O) groups excluding carboxylic acids is 1. The Labute approximate surface area is 173 Å². The topological polar surface area (TPSA) is 70.1 Å². The fraction of sp³-hybridized carbons (Fsp3) is 0.611. The molecular weight excluding hydrogens is 445 g/mol. The second-order valence-corrected chi connectivity index (χ2v) is 6.60. The van der Waals surface area contributed by atoms with Crippen LogP contribution in [-0.4, -0.2) is 62.7 Å². The number of hydrogen-bond acceptors (Lipinski definition) is 5. The molecule has 0 aliphatic carbocycles. The summed E-state index contributed by atoms with van der Waals surface area (Å²) in [5.74, 6) is 1.76. The zero-order valence-electron chi connectivity index (χ0n) is 16.2. The highest BCUT2D eigenvalue weighted by Gasteiger charge is 2.36. The first-order chi connectivity index (χ1) is 12.0. The summed E-state index contributed by atoms with van der Waals surface area (Å²) in [6.45, 7) is 6.91. The van der Waals surface area contributed by atoms with Crippen LogP contribution in [0.1, 0.15) is 19.4 Å². The average Bonchev–Trinajstić information content (AvgIpc) is 2.99. The van der Waals surface area contributed by atoms with Crippen LogP contribution >= 0.6 is 24.0 Å². The Bertz CT molecular complexity index is 623. The van der Waals surface area contributed by atoms with Gasteiger partial charge in [-0.1, -0.05) is 6.92 Å². The molecule has 8 heteroatoms. The van der Waals surface area contributed by atoms with Crippen LogP contribution < -0.4 is 10.2 Å². The van der Waals surface area contributed by atoms with Gasteiger partial charge in [0, 0.05) is 39.9 Å². The highest BCUT2D eigenvalue weighted by Crippen LogP contribution is 2.24. The van der Waals surface area contributed by atoms with E-state index in [2.05, 4.69) is 22.1 Å². The van der Waals surface area contributed by atoms with Crippen LogP contribution in [0.15, 0.2) is 23.3 Å². The van der Waals surface area contributed by atoms with Crippen molar-refractivity contribution in [3.8, 4) is 0 Å². The van der Waals surface area contributed by atoms with E-state index in [-0.39, 0.29) is 41.8 Å². The third-order valence-electron chi connectivity index (χ3n) is 4.43. The minimum absolute atomic E-state index is 0. The average molecular weight is 475 g/mol. The molecule has 1 aliphatic rings. The molecule has 0 spiro atoms. The number of methoxy groups -OCH3 is 1. The Balaban J connectivity index is 0.00000338. The standard InChI is InChI=1S/C18H29N5O2.HI/c1-6-19-18(23-11-13(2)15(12-23)17(24)25-5)21-10-14-7-8-20-16(9-14)22(3)4;/h7-9,13,15H,6,10-12H2,1-5H3,(H,19,21);1H. The number of guanidine groups is 1. The maximum Gasteiger partial charge on any atom is 0.310 e. The molecule has 1 N–H and O–H groups in total. The van der Waals surface area contributed by atoms with E-state index in [1.165, 1.54) is 7.11 Å². The van der Waals surface area contributed by atoms with E-state index in [4.69, 9.17) is 9.73 Å². The van der Waals surface area contributed by atoms with E-state index in [0.717, 1.165) is 30.4 Å². The highest BCUT2D eigenvalue weighted by atomic mass is 127. The lowest BCUT2D eigenvalue weighted by Gasteiger charge is -2.21. The third kappa shape index (κ3) is 5.72. The second-order valence-electron chi connectivity index (χ2n) is 6.60. The van der Waals surface area contributed by atoms with Gasteiger partial charge in [0.1, 0.15) is 5.82 Å². The number of ether oxygens (including phenoxy) is 1. The fourth-order valence-electron chi connectivity index (χ4n) is 2.99. The van der Waals surface area contributed by atoms with E-state index in [1.54, 1.807) is 6.20 Å². The minimum atomic E-state index is -0.143. The van der Waals surface area contributed by atoms with E-state index in [1.807, 2.05) is 38.1 Å². The minimum Gasteiger partial charge on any atom is -0.469 e. The number of aromatic nitrogens is 1. The number of hydrogen-bond donors (Lipinski definition) is 1. The summed E-state index contributed by atoms with van der Waals surface area (Å²) in [5.41, 5.74) is 1.10. The molecule has 2 unspecified atom stereocenters. The van der Waals surface area contributed by atoms with E-state index in [0.29, 0.717) is 13.1 Å². The van der Waals surface area contributed by atoms with Crippen LogP contribution in [0.4, 0.5) is 5.82 Å². The fourth-order valence-corrected chi connectivity index (χ4v) is 2.99. The quantitative estimate of drug-likeness (QED) is 0.304. The molecule has 0 aromatic carbocycles. The van der Waals surface area contributed by atoms with Gasteiger partial charge in [-0.15, -0.1) is 24.0 Å². The van der Waals surface area contributed by atoms with Crippen molar-refractivity contribution in [2.75, 3.05) is 45.7 Å². The number of anilines is 1. The zero-order chi connectivity index (χ0) is 18.4. The van der Waals surface area contributed by atoms with Crippen LogP contribution in [-0.2, 0) is 16.1 Å². The van der Waals surface area contributed by atoms with Crippen LogP contribution in [0, 0.1) is 11.8 Å². The van der Waals surface area contributed by atoms with Crippen molar-refractivity contribution in [3.05, 3.63) is 23.9 Å². The Morgan fingerprint density at radius 1 is 1.46 bits per heavy atom. The first-order valence-electron chi connectivity index (χ1n) is 8.69. The van der Waals surface area contributed by atoms with Crippen molar-refractivity contribution < 1.29 is 9.53 Å². The molecule has 0 radical (unpaired) electrons. The van der Waals surface area contributed by atoms with Crippen LogP contribution in [0.25, 0.3) is 0 Å². The van der Waals surface area contributed by atoms with Crippen molar-refractivity contribution in [1.29, 1.82) is 0 Å². The first kappa shape index (κ1) is 22.5. The monoisotopic (exact) mass is 475 g/mol. The van der Waals surface area contributed by atoms with Crippen molar-refractivity contribution in [1.82, 2.24) is 15.2 Å². The molecule has 2 atom stereocenters. The Morgan fingerprint density at radius 3 is 2.81 bits per heavy atom. The molecule has 146 valence electrons. The van der Waals surface area contributed by atoms with Gasteiger partial charge in [-0.05, 0) is 30.5 Å². The van der Waals surface area contributed by atoms with Crippen molar-refractivity contribution in [2.45, 2.75) is 20.4 Å². The first-order valence-corrected chi connectivity index (χ1v) is 8.69. The molecule has 0 amide bonds. The summed E-state index contributed by atoms with van der Waals surface area (Å²) >= 11 is 0. The number of carbonyl (C=O) groups is 1. The number of nitrogens with one attached hydrogen (secondary N) is 1. The summed E-state index contributed by atoms with van der Waals surface area (Å²) < 4.78 is 4.92. The third-order valence-corrected chi connectivity index (χ3v) is 4.43. The Kier molecular flexibility index (Phi) is 9.11. The van der Waals surface area contributed by atoms with Crippen LogP contribution in [0.3, 0.4) is 0 Å². The van der Waals surface area contributed by atoms with Gasteiger partial charge in [0.15, 0.2) is 5.96 Å². The molecule has 1 aliphatic heterocycles. The smallest absolute Gasteiger partial charge is 0.310 e. The normalized spacial score (nSPS) is 19.7. The zero-order valence-corrected chi connectivity index (χ0v) is 18.6. The summed E-state index contributed by atoms with van der Waals surface area (Å²) in [6.07, 6.45) is 1.80. The summed E-state index contributed by atoms with van der Waals surface area (Å²) in [6, 6.07) is 4.01. The SMILES string of the molecule is CCNC(=NCc1ccnc(N(C)C)c1)N1CC(C)C(C(=O)OC)C1.I. The maximum absolute atomic E-state index is 11.9. The predicted molar refractivity (Wildman–Crippen MR) is 115 cm³/mol. The number of aliphatic imine (C=N–C) groups is 1. The number of halogens is 1. The van der Waals surface area contributed by atoms with E-state index < -0.39 is 0 Å². The molecule has 2 heterocycles. The molecule has 7 nitrogen and oxygen atoms in total. The molecule has 1 saturated heterocycles. The van der Waals surface area contributed by atoms with Gasteiger partial charge in [-0.3, -0.25) is 4.79 Å². The Hall–Kier alpha value is -1.58. The Morgan fingerprint density at radius 2 is 2.19 bits per heavy atom. The van der Waals surface area contributed by atoms with Gasteiger partial charge in [0.25, 0.3) is 0 Å². The molecule has 1 aromatic heterocycles. The molecule has 1 fully saturated rings. The predicted octanol–water partition coefficient (Wildman–Crippen LogP) is 1.97. The van der Waals surface area contributed by atoms with E-state index in [9.17, 15) is 4.79 Å². The van der Waals surface area contributed by atoms with Gasteiger partial charge in [-0.25, -0.2) is 9.98 Å². The number of esters is 1. The highest BCUT2D eigenvalue weighted by molar-refractivity contribution is 14.0. The summed E-state index contributed by atoms with van der Waals surface area (Å²) in [4.78, 5) is 25.1. The van der Waals surface area contributed by atoms with Gasteiger partial charge in [0.2, 0.25) is 0 Å². The summed E-state index contributed by atoms with van der Waals surface area (Å²) in [7, 11) is 5.39. The number of rotatable bonds is 5. The second kappa shape index (κ2) is 10.5. The molecular formula is C18H30IN5O2. The number of pyridine rings is 1. The lowest BCUT2D eigenvalue weighted by atomic mass is 9.99. The van der Waals surface area contributed by atoms with Crippen LogP contribution in [0.5, 0.6) is 0 Å². The van der Waals surface area contributed by atoms with Crippen molar-refractivity contribution in [3.63, 3.8) is 0 Å². The maximum atomic E-state index is 11.9. The summed E-state index contributed by atoms with van der Waals surface area (Å²) in [5, 5.41) is 3.33. The molecule has 2 rings (SSSR count). The molecule has 0 saturated carbocycles. The largest absolute Gasteiger partial charge is 0.469 e. The van der Waals surface area contributed by atoms with Gasteiger partial charge < -0.3 is 19.9 Å². The van der Waals surface area contributed by atoms with Gasteiger partial charge in [-0.2, -0.15) is 0 Å². The number of likely N-dealkylation sites (tertiary alicyclic amines) is 1.